The highest BCUT2D eigenvalue weighted by molar-refractivity contribution is 7.92. The highest BCUT2D eigenvalue weighted by atomic mass is 32.2. The molecule has 1 saturated carbocycles. The van der Waals surface area contributed by atoms with Crippen LogP contribution >= 0.6 is 0 Å². The van der Waals surface area contributed by atoms with Gasteiger partial charge in [-0.1, -0.05) is 34.1 Å². The van der Waals surface area contributed by atoms with Crippen molar-refractivity contribution in [1.29, 1.82) is 0 Å². The maximum Gasteiger partial charge on any atom is 0.154 e. The molecule has 0 saturated heterocycles. The third-order valence-electron chi connectivity index (χ3n) is 3.86. The van der Waals surface area contributed by atoms with Gasteiger partial charge in [0.2, 0.25) is 0 Å². The average Bonchev–Trinajstić information content (AvgIpc) is 2.13. The molecule has 0 aliphatic heterocycles. The summed E-state index contributed by atoms with van der Waals surface area (Å²) in [6.07, 6.45) is 2.93. The van der Waals surface area contributed by atoms with Crippen molar-refractivity contribution in [2.24, 2.45) is 11.3 Å². The van der Waals surface area contributed by atoms with Crippen molar-refractivity contribution >= 4 is 9.84 Å². The van der Waals surface area contributed by atoms with Crippen molar-refractivity contribution in [3.8, 4) is 0 Å². The molecule has 1 aliphatic rings. The number of hydrogen-bond acceptors (Lipinski definition) is 3. The molecular formula is C13H27NO2S. The first kappa shape index (κ1) is 15.0. The third-order valence-corrected chi connectivity index (χ3v) is 6.42. The summed E-state index contributed by atoms with van der Waals surface area (Å²) in [5, 5.41) is 3.03. The van der Waals surface area contributed by atoms with E-state index in [0.717, 1.165) is 19.3 Å². The molecule has 17 heavy (non-hydrogen) atoms. The summed E-state index contributed by atoms with van der Waals surface area (Å²) < 4.78 is 24.8. The quantitative estimate of drug-likeness (QED) is 0.844. The lowest BCUT2D eigenvalue weighted by atomic mass is 9.73. The fourth-order valence-electron chi connectivity index (χ4n) is 3.14. The van der Waals surface area contributed by atoms with Gasteiger partial charge in [-0.3, -0.25) is 0 Å². The highest BCUT2D eigenvalue weighted by Crippen LogP contribution is 2.38. The highest BCUT2D eigenvalue weighted by Gasteiger charge is 2.44. The lowest BCUT2D eigenvalue weighted by molar-refractivity contribution is 0.178. The van der Waals surface area contributed by atoms with Crippen LogP contribution in [-0.4, -0.2) is 32.5 Å². The summed E-state index contributed by atoms with van der Waals surface area (Å²) in [6, 6.07) is 0.0833. The zero-order valence-electron chi connectivity index (χ0n) is 11.8. The zero-order chi connectivity index (χ0) is 13.3. The number of hydrogen-bond donors (Lipinski definition) is 1. The molecule has 0 amide bonds. The van der Waals surface area contributed by atoms with Gasteiger partial charge in [0, 0.05) is 6.04 Å². The third kappa shape index (κ3) is 3.44. The van der Waals surface area contributed by atoms with Crippen molar-refractivity contribution in [3.05, 3.63) is 0 Å². The van der Waals surface area contributed by atoms with Gasteiger partial charge in [-0.2, -0.15) is 0 Å². The van der Waals surface area contributed by atoms with Gasteiger partial charge in [0.05, 0.1) is 11.0 Å². The summed E-state index contributed by atoms with van der Waals surface area (Å²) in [6.45, 7) is 8.29. The first-order valence-corrected chi connectivity index (χ1v) is 8.31. The minimum atomic E-state index is -2.98. The molecule has 0 bridgehead atoms. The maximum atomic E-state index is 12.4. The standard InChI is InChI=1S/C13H27NO2S/c1-10(2)9-17(15,16)11-7-6-8-13(3,4)12(11)14-5/h10-12,14H,6-9H2,1-5H3. The van der Waals surface area contributed by atoms with E-state index in [1.54, 1.807) is 0 Å². The Morgan fingerprint density at radius 1 is 1.35 bits per heavy atom. The van der Waals surface area contributed by atoms with E-state index >= 15 is 0 Å². The minimum Gasteiger partial charge on any atom is -0.315 e. The molecule has 2 atom stereocenters. The molecule has 0 aromatic rings. The van der Waals surface area contributed by atoms with Gasteiger partial charge >= 0.3 is 0 Å². The SMILES string of the molecule is CNC1C(S(=O)(=O)CC(C)C)CCCC1(C)C. The second-order valence-electron chi connectivity index (χ2n) is 6.41. The van der Waals surface area contributed by atoms with Crippen molar-refractivity contribution in [1.82, 2.24) is 5.32 Å². The fraction of sp³-hybridized carbons (Fsp3) is 1.00. The van der Waals surface area contributed by atoms with E-state index in [2.05, 4.69) is 19.2 Å². The Labute approximate surface area is 106 Å². The number of rotatable bonds is 4. The molecule has 0 radical (unpaired) electrons. The van der Waals surface area contributed by atoms with Crippen LogP contribution in [0.4, 0.5) is 0 Å². The molecule has 102 valence electrons. The molecule has 0 heterocycles. The van der Waals surface area contributed by atoms with Crippen LogP contribution < -0.4 is 5.32 Å². The summed E-state index contributed by atoms with van der Waals surface area (Å²) in [5.41, 5.74) is 0.0711. The van der Waals surface area contributed by atoms with E-state index in [9.17, 15) is 8.42 Å². The van der Waals surface area contributed by atoms with Crippen molar-refractivity contribution < 1.29 is 8.42 Å². The van der Waals surface area contributed by atoms with Gasteiger partial charge in [0.1, 0.15) is 0 Å². The molecule has 0 aromatic heterocycles. The van der Waals surface area contributed by atoms with Gasteiger partial charge in [-0.05, 0) is 31.2 Å². The van der Waals surface area contributed by atoms with Gasteiger partial charge in [-0.25, -0.2) is 8.42 Å². The molecule has 0 aromatic carbocycles. The predicted molar refractivity (Wildman–Crippen MR) is 72.9 cm³/mol. The van der Waals surface area contributed by atoms with Crippen LogP contribution in [0.5, 0.6) is 0 Å². The molecule has 3 nitrogen and oxygen atoms in total. The maximum absolute atomic E-state index is 12.4. The van der Waals surface area contributed by atoms with E-state index in [0.29, 0.717) is 5.75 Å². The summed E-state index contributed by atoms with van der Waals surface area (Å²) in [5.74, 6) is 0.522. The number of nitrogens with one attached hydrogen (secondary N) is 1. The largest absolute Gasteiger partial charge is 0.315 e. The Morgan fingerprint density at radius 3 is 2.41 bits per heavy atom. The summed E-state index contributed by atoms with van der Waals surface area (Å²) in [7, 11) is -1.09. The normalized spacial score (nSPS) is 29.5. The average molecular weight is 261 g/mol. The Hall–Kier alpha value is -0.0900. The molecule has 1 aliphatic carbocycles. The van der Waals surface area contributed by atoms with Crippen LogP contribution in [0.2, 0.25) is 0 Å². The Morgan fingerprint density at radius 2 is 1.94 bits per heavy atom. The Bertz CT molecular complexity index is 346. The van der Waals surface area contributed by atoms with Gasteiger partial charge in [0.25, 0.3) is 0 Å². The summed E-state index contributed by atoms with van der Waals surface area (Å²) >= 11 is 0. The van der Waals surface area contributed by atoms with E-state index < -0.39 is 9.84 Å². The Kier molecular flexibility index (Phi) is 4.64. The first-order chi connectivity index (χ1) is 7.70. The van der Waals surface area contributed by atoms with E-state index in [-0.39, 0.29) is 22.6 Å². The second-order valence-corrected chi connectivity index (χ2v) is 8.67. The smallest absolute Gasteiger partial charge is 0.154 e. The second kappa shape index (κ2) is 5.27. The molecule has 2 unspecified atom stereocenters. The van der Waals surface area contributed by atoms with Crippen LogP contribution in [0.1, 0.15) is 47.0 Å². The monoisotopic (exact) mass is 261 g/mol. The van der Waals surface area contributed by atoms with E-state index in [1.807, 2.05) is 20.9 Å². The van der Waals surface area contributed by atoms with E-state index in [1.165, 1.54) is 0 Å². The molecule has 1 rings (SSSR count). The molecule has 0 spiro atoms. The minimum absolute atomic E-state index is 0.0711. The molecule has 1 N–H and O–H groups in total. The summed E-state index contributed by atoms with van der Waals surface area (Å²) in [4.78, 5) is 0. The van der Waals surface area contributed by atoms with Gasteiger partial charge in [-0.15, -0.1) is 0 Å². The van der Waals surface area contributed by atoms with Crippen molar-refractivity contribution in [2.45, 2.75) is 58.2 Å². The van der Waals surface area contributed by atoms with Crippen LogP contribution in [0.25, 0.3) is 0 Å². The van der Waals surface area contributed by atoms with Crippen molar-refractivity contribution in [2.75, 3.05) is 12.8 Å². The molecule has 4 heteroatoms. The van der Waals surface area contributed by atoms with E-state index in [4.69, 9.17) is 0 Å². The van der Waals surface area contributed by atoms with Crippen molar-refractivity contribution in [3.63, 3.8) is 0 Å². The first-order valence-electron chi connectivity index (χ1n) is 6.59. The number of sulfone groups is 1. The van der Waals surface area contributed by atoms with Gasteiger partial charge in [0.15, 0.2) is 9.84 Å². The van der Waals surface area contributed by atoms with Crippen LogP contribution in [0.15, 0.2) is 0 Å². The predicted octanol–water partition coefficient (Wildman–Crippen LogP) is 2.22. The topological polar surface area (TPSA) is 46.2 Å². The molecule has 1 fully saturated rings. The molecular weight excluding hydrogens is 234 g/mol. The zero-order valence-corrected chi connectivity index (χ0v) is 12.6. The fourth-order valence-corrected chi connectivity index (χ4v) is 5.76. The lowest BCUT2D eigenvalue weighted by Gasteiger charge is -2.43. The lowest BCUT2D eigenvalue weighted by Crippen LogP contribution is -2.54. The van der Waals surface area contributed by atoms with Gasteiger partial charge < -0.3 is 5.32 Å². The van der Waals surface area contributed by atoms with Crippen LogP contribution in [0, 0.1) is 11.3 Å². The van der Waals surface area contributed by atoms with Crippen LogP contribution in [-0.2, 0) is 9.84 Å². The Balaban J connectivity index is 2.95. The van der Waals surface area contributed by atoms with Crippen LogP contribution in [0.3, 0.4) is 0 Å².